The summed E-state index contributed by atoms with van der Waals surface area (Å²) < 4.78 is 42.2. The minimum atomic E-state index is -3.08. The van der Waals surface area contributed by atoms with Gasteiger partial charge in [0.2, 0.25) is 0 Å². The van der Waals surface area contributed by atoms with Crippen LogP contribution in [0.25, 0.3) is 0 Å². The summed E-state index contributed by atoms with van der Waals surface area (Å²) in [5.41, 5.74) is 0.0758. The first-order valence-electron chi connectivity index (χ1n) is 24.9. The number of ether oxygens (including phenoxy) is 3. The van der Waals surface area contributed by atoms with E-state index in [0.717, 1.165) is 32.1 Å². The first-order valence-corrected chi connectivity index (χ1v) is 26.8. The number of methoxy groups -OCH3 is 1. The van der Waals surface area contributed by atoms with E-state index in [0.29, 0.717) is 67.7 Å². The molecule has 358 valence electrons. The van der Waals surface area contributed by atoms with E-state index in [4.69, 9.17) is 14.2 Å². The van der Waals surface area contributed by atoms with Crippen LogP contribution in [0.4, 0.5) is 4.79 Å². The van der Waals surface area contributed by atoms with Crippen LogP contribution in [0.15, 0.2) is 0 Å². The molecule has 63 heavy (non-hydrogen) atoms. The molecule has 8 fully saturated rings. The number of carbonyl (C=O) groups is 3. The molecule has 8 rings (SSSR count). The zero-order valence-electron chi connectivity index (χ0n) is 40.5. The number of rotatable bonds is 13. The van der Waals surface area contributed by atoms with Crippen molar-refractivity contribution in [2.24, 2.45) is 73.9 Å². The number of fused-ring (bicyclic) bond motifs is 7. The number of hydrogen-bond donors (Lipinski definition) is 3. The van der Waals surface area contributed by atoms with E-state index < -0.39 is 33.2 Å². The maximum absolute atomic E-state index is 13.7. The lowest BCUT2D eigenvalue weighted by Crippen LogP contribution is -2.69. The van der Waals surface area contributed by atoms with Crippen molar-refractivity contribution in [3.05, 3.63) is 0 Å². The average Bonchev–Trinajstić information content (AvgIpc) is 3.82. The van der Waals surface area contributed by atoms with Gasteiger partial charge in [-0.3, -0.25) is 14.5 Å². The standard InChI is InChI=1S/C50H83N3O9S/c1-31(52-43(57)61-26-25-60-10)36(53-23-27-63(58,59)28-24-53)30-51-50-18-13-32(46(6)19-20-46)40(50)33-11-12-38-47(7)16-15-39(62-42(56)35-29-34(41(54)55)44(35,2)3)45(4,5)37(47)14-17-49(38,9)48(33,8)21-22-50/h31-40,51H,11-30H2,1-10H3,(H,52,57)(H,54,55)/t31?,32-,33-,34+,35-,36?,37+,38-,39+,40-,47+,48-,49-,50+/m1/s1. The molecule has 7 saturated carbocycles. The summed E-state index contributed by atoms with van der Waals surface area (Å²) in [5.74, 6) is 1.20. The molecule has 0 spiro atoms. The van der Waals surface area contributed by atoms with Crippen LogP contribution in [0, 0.1) is 73.9 Å². The second kappa shape index (κ2) is 16.4. The number of nitrogens with zero attached hydrogens (tertiary/aromatic N) is 1. The summed E-state index contributed by atoms with van der Waals surface area (Å²) in [6, 6.07) is -0.338. The number of amides is 1. The Kier molecular flexibility index (Phi) is 12.4. The third-order valence-electron chi connectivity index (χ3n) is 21.4. The summed E-state index contributed by atoms with van der Waals surface area (Å²) in [6.45, 7) is 23.2. The molecule has 8 aliphatic rings. The van der Waals surface area contributed by atoms with Crippen molar-refractivity contribution in [1.82, 2.24) is 15.5 Å². The van der Waals surface area contributed by atoms with E-state index >= 15 is 0 Å². The Hall–Kier alpha value is -1.96. The zero-order chi connectivity index (χ0) is 45.8. The van der Waals surface area contributed by atoms with Crippen LogP contribution in [0.2, 0.25) is 0 Å². The van der Waals surface area contributed by atoms with Crippen LogP contribution < -0.4 is 10.6 Å². The number of carboxylic acid groups (broad SMARTS) is 1. The lowest BCUT2D eigenvalue weighted by atomic mass is 9.32. The van der Waals surface area contributed by atoms with E-state index in [1.807, 2.05) is 20.8 Å². The van der Waals surface area contributed by atoms with Crippen LogP contribution >= 0.6 is 0 Å². The number of carboxylic acids is 1. The lowest BCUT2D eigenvalue weighted by molar-refractivity contribution is -0.250. The predicted octanol–water partition coefficient (Wildman–Crippen LogP) is 7.73. The van der Waals surface area contributed by atoms with Gasteiger partial charge in [0.05, 0.1) is 29.9 Å². The van der Waals surface area contributed by atoms with Gasteiger partial charge < -0.3 is 30.0 Å². The highest BCUT2D eigenvalue weighted by atomic mass is 32.2. The van der Waals surface area contributed by atoms with E-state index in [1.165, 1.54) is 44.9 Å². The van der Waals surface area contributed by atoms with E-state index in [-0.39, 0.29) is 75.4 Å². The fourth-order valence-corrected chi connectivity index (χ4v) is 18.2. The summed E-state index contributed by atoms with van der Waals surface area (Å²) in [6.07, 6.45) is 13.7. The van der Waals surface area contributed by atoms with Gasteiger partial charge in [0.25, 0.3) is 0 Å². The van der Waals surface area contributed by atoms with Crippen LogP contribution in [0.3, 0.4) is 0 Å². The molecule has 12 nitrogen and oxygen atoms in total. The number of aliphatic carboxylic acids is 1. The van der Waals surface area contributed by atoms with Crippen molar-refractivity contribution in [3.8, 4) is 0 Å². The van der Waals surface area contributed by atoms with Gasteiger partial charge in [-0.1, -0.05) is 55.4 Å². The molecule has 0 radical (unpaired) electrons. The summed E-state index contributed by atoms with van der Waals surface area (Å²) in [7, 11) is -1.50. The predicted molar refractivity (Wildman–Crippen MR) is 243 cm³/mol. The lowest BCUT2D eigenvalue weighted by Gasteiger charge is -2.73. The smallest absolute Gasteiger partial charge is 0.407 e. The number of nitrogens with one attached hydrogen (secondary N) is 2. The van der Waals surface area contributed by atoms with Crippen molar-refractivity contribution in [2.75, 3.05) is 51.5 Å². The Morgan fingerprint density at radius 2 is 1.46 bits per heavy atom. The molecule has 0 aromatic rings. The van der Waals surface area contributed by atoms with Gasteiger partial charge in [-0.15, -0.1) is 0 Å². The molecule has 0 aromatic carbocycles. The SMILES string of the molecule is COCCOC(=O)NC(C)C(CN[C@]12CC[C@@H](C3(C)CC3)[C@@H]1[C@H]1CC[C@@H]3[C@@]4(C)CC[C@H](OC(=O)[C@H]5C[C@@H](C(=O)O)C5(C)C)C(C)(C)[C@@H]4CC[C@@]3(C)[C@]1(C)CC2)N1CCS(=O)(=O)CC1. The number of carbonyl (C=O) groups excluding carboxylic acids is 2. The molecule has 0 bridgehead atoms. The number of hydrogen-bond acceptors (Lipinski definition) is 10. The van der Waals surface area contributed by atoms with Crippen LogP contribution in [-0.4, -0.2) is 112 Å². The molecule has 3 N–H and O–H groups in total. The maximum Gasteiger partial charge on any atom is 0.407 e. The van der Waals surface area contributed by atoms with Gasteiger partial charge in [0.1, 0.15) is 12.7 Å². The molecule has 1 amide bonds. The van der Waals surface area contributed by atoms with Crippen molar-refractivity contribution in [3.63, 3.8) is 0 Å². The largest absolute Gasteiger partial charge is 0.481 e. The minimum Gasteiger partial charge on any atom is -0.481 e. The van der Waals surface area contributed by atoms with E-state index in [9.17, 15) is 27.9 Å². The van der Waals surface area contributed by atoms with Crippen molar-refractivity contribution in [1.29, 1.82) is 0 Å². The molecule has 14 atom stereocenters. The minimum absolute atomic E-state index is 0.00698. The first-order chi connectivity index (χ1) is 29.4. The van der Waals surface area contributed by atoms with Crippen molar-refractivity contribution in [2.45, 2.75) is 170 Å². The third kappa shape index (κ3) is 7.80. The fourth-order valence-electron chi connectivity index (χ4n) is 16.9. The molecule has 1 aliphatic heterocycles. The van der Waals surface area contributed by atoms with Crippen molar-refractivity contribution < 1.29 is 42.1 Å². The normalized spacial score (nSPS) is 43.9. The number of esters is 1. The van der Waals surface area contributed by atoms with Gasteiger partial charge >= 0.3 is 18.0 Å². The molecule has 2 unspecified atom stereocenters. The highest BCUT2D eigenvalue weighted by Gasteiger charge is 2.72. The Balaban J connectivity index is 1.02. The zero-order valence-corrected chi connectivity index (χ0v) is 41.3. The Morgan fingerprint density at radius 1 is 0.762 bits per heavy atom. The monoisotopic (exact) mass is 902 g/mol. The van der Waals surface area contributed by atoms with Gasteiger partial charge in [0, 0.05) is 49.8 Å². The van der Waals surface area contributed by atoms with Crippen LogP contribution in [0.5, 0.6) is 0 Å². The quantitative estimate of drug-likeness (QED) is 0.123. The van der Waals surface area contributed by atoms with Gasteiger partial charge in [-0.2, -0.15) is 0 Å². The molecule has 1 saturated heterocycles. The molecular formula is C50H83N3O9S. The highest BCUT2D eigenvalue weighted by Crippen LogP contribution is 2.78. The number of sulfone groups is 1. The van der Waals surface area contributed by atoms with Gasteiger partial charge in [-0.25, -0.2) is 13.2 Å². The Labute approximate surface area is 379 Å². The Bertz CT molecular complexity index is 1870. The molecular weight excluding hydrogens is 819 g/mol. The molecule has 1 heterocycles. The molecule has 7 aliphatic carbocycles. The number of alkyl carbamates (subject to hydrolysis) is 1. The van der Waals surface area contributed by atoms with Gasteiger partial charge in [-0.05, 0) is 147 Å². The summed E-state index contributed by atoms with van der Waals surface area (Å²) >= 11 is 0. The average molecular weight is 902 g/mol. The van der Waals surface area contributed by atoms with Gasteiger partial charge in [0.15, 0.2) is 9.84 Å². The summed E-state index contributed by atoms with van der Waals surface area (Å²) in [5, 5.41) is 17.2. The molecule has 0 aromatic heterocycles. The van der Waals surface area contributed by atoms with E-state index in [2.05, 4.69) is 57.1 Å². The maximum atomic E-state index is 13.7. The Morgan fingerprint density at radius 3 is 2.10 bits per heavy atom. The van der Waals surface area contributed by atoms with E-state index in [1.54, 1.807) is 7.11 Å². The van der Waals surface area contributed by atoms with Crippen LogP contribution in [0.1, 0.15) is 146 Å². The first kappa shape index (κ1) is 47.5. The highest BCUT2D eigenvalue weighted by molar-refractivity contribution is 7.91. The molecule has 13 heteroatoms. The topological polar surface area (TPSA) is 161 Å². The van der Waals surface area contributed by atoms with Crippen LogP contribution in [-0.2, 0) is 33.6 Å². The fraction of sp³-hybridized carbons (Fsp3) is 0.940. The second-order valence-electron chi connectivity index (χ2n) is 24.6. The summed E-state index contributed by atoms with van der Waals surface area (Å²) in [4.78, 5) is 40.8. The van der Waals surface area contributed by atoms with Crippen molar-refractivity contribution >= 4 is 27.9 Å². The third-order valence-corrected chi connectivity index (χ3v) is 23.0. The second-order valence-corrected chi connectivity index (χ2v) is 26.9.